The second-order valence-electron chi connectivity index (χ2n) is 17.5. The zero-order chi connectivity index (χ0) is 44.7. The molecule has 0 aliphatic rings. The summed E-state index contributed by atoms with van der Waals surface area (Å²) in [6, 6.07) is 84.0. The molecule has 0 radical (unpaired) electrons. The Balaban J connectivity index is 1.02. The van der Waals surface area contributed by atoms with Gasteiger partial charge in [-0.15, -0.1) is 0 Å². The summed E-state index contributed by atoms with van der Waals surface area (Å²) >= 11 is 0. The number of rotatable bonds is 7. The average Bonchev–Trinajstić information content (AvgIpc) is 4.11. The Morgan fingerprint density at radius 2 is 0.691 bits per heavy atom. The average molecular weight is 870 g/mol. The van der Waals surface area contributed by atoms with Gasteiger partial charge in [-0.1, -0.05) is 158 Å². The molecule has 68 heavy (non-hydrogen) atoms. The fourth-order valence-electron chi connectivity index (χ4n) is 10.7. The third-order valence-electron chi connectivity index (χ3n) is 13.7. The lowest BCUT2D eigenvalue weighted by Crippen LogP contribution is -2.10. The van der Waals surface area contributed by atoms with E-state index in [-0.39, 0.29) is 0 Å². The van der Waals surface area contributed by atoms with Crippen LogP contribution in [0, 0.1) is 0 Å². The number of hydrogen-bond donors (Lipinski definition) is 0. The predicted octanol–water partition coefficient (Wildman–Crippen LogP) is 18.7. The van der Waals surface area contributed by atoms with E-state index in [1.165, 1.54) is 16.3 Å². The fourth-order valence-corrected chi connectivity index (χ4v) is 10.7. The fraction of sp³-hybridized carbons (Fsp3) is 0. The van der Waals surface area contributed by atoms with Crippen LogP contribution in [0.3, 0.4) is 0 Å². The van der Waals surface area contributed by atoms with Crippen molar-refractivity contribution in [2.45, 2.75) is 0 Å². The van der Waals surface area contributed by atoms with Gasteiger partial charge in [0.2, 0.25) is 0 Å². The number of fused-ring (bicyclic) bond motifs is 10. The van der Waals surface area contributed by atoms with Crippen molar-refractivity contribution in [2.75, 3.05) is 4.90 Å². The molecule has 0 aliphatic carbocycles. The summed E-state index contributed by atoms with van der Waals surface area (Å²) in [5, 5.41) is 8.86. The van der Waals surface area contributed by atoms with Crippen LogP contribution in [0.15, 0.2) is 250 Å². The molecule has 0 fully saturated rings. The van der Waals surface area contributed by atoms with E-state index in [2.05, 4.69) is 217 Å². The van der Waals surface area contributed by atoms with Crippen LogP contribution in [0.5, 0.6) is 0 Å². The molecule has 4 nitrogen and oxygen atoms in total. The second-order valence-corrected chi connectivity index (χ2v) is 17.5. The van der Waals surface area contributed by atoms with Crippen LogP contribution in [-0.4, -0.2) is 0 Å². The Kier molecular flexibility index (Phi) is 8.55. The highest BCUT2D eigenvalue weighted by Gasteiger charge is 2.25. The zero-order valence-electron chi connectivity index (χ0n) is 36.7. The Morgan fingerprint density at radius 3 is 1.32 bits per heavy atom. The molecular formula is C64H39NO3. The lowest BCUT2D eigenvalue weighted by molar-refractivity contribution is 0.668. The van der Waals surface area contributed by atoms with Crippen molar-refractivity contribution in [3.8, 4) is 44.5 Å². The van der Waals surface area contributed by atoms with E-state index in [1.54, 1.807) is 0 Å². The lowest BCUT2D eigenvalue weighted by atomic mass is 9.84. The standard InChI is InChI=1S/C64H39NO3/c1-2-14-40(15-3-1)41-28-32-44(33-29-41)65(53-23-13-27-57-62(53)50-19-6-9-24-54(50)66-57)45-34-30-43(31-35-45)60-48(36-38-58-63(60)51-20-7-10-25-55(51)67-58)49-37-39-59-64(52-21-8-11-26-56(52)68-59)61(49)47-22-12-17-42-16-4-5-18-46(42)47/h1-39H. The number of nitrogens with zero attached hydrogens (tertiary/aromatic N) is 1. The number of para-hydroxylation sites is 3. The van der Waals surface area contributed by atoms with Crippen molar-refractivity contribution in [1.29, 1.82) is 0 Å². The van der Waals surface area contributed by atoms with Gasteiger partial charge < -0.3 is 18.2 Å². The molecule has 0 saturated heterocycles. The largest absolute Gasteiger partial charge is 0.456 e. The van der Waals surface area contributed by atoms with E-state index < -0.39 is 0 Å². The quantitative estimate of drug-likeness (QED) is 0.160. The van der Waals surface area contributed by atoms with Gasteiger partial charge >= 0.3 is 0 Å². The van der Waals surface area contributed by atoms with Gasteiger partial charge in [-0.3, -0.25) is 0 Å². The molecule has 0 atom stereocenters. The summed E-state index contributed by atoms with van der Waals surface area (Å²) in [5.74, 6) is 0. The Morgan fingerprint density at radius 1 is 0.250 bits per heavy atom. The van der Waals surface area contributed by atoms with Crippen molar-refractivity contribution in [2.24, 2.45) is 0 Å². The SMILES string of the molecule is c1ccc(-c2ccc(N(c3ccc(-c4c(-c5ccc6oc7ccccc7c6c5-c5cccc6ccccc56)ccc5oc6ccccc6c45)cc3)c3cccc4oc5ccccc5c34)cc2)cc1. The van der Waals surface area contributed by atoms with Gasteiger partial charge in [0.1, 0.15) is 33.5 Å². The summed E-state index contributed by atoms with van der Waals surface area (Å²) in [5.41, 5.74) is 17.3. The van der Waals surface area contributed by atoms with Gasteiger partial charge in [0.15, 0.2) is 0 Å². The molecule has 0 N–H and O–H groups in total. The van der Waals surface area contributed by atoms with Crippen LogP contribution in [0.25, 0.3) is 121 Å². The number of furan rings is 3. The molecule has 0 unspecified atom stereocenters. The van der Waals surface area contributed by atoms with E-state index in [0.29, 0.717) is 0 Å². The molecule has 0 saturated carbocycles. The third kappa shape index (κ3) is 5.94. The van der Waals surface area contributed by atoms with E-state index in [4.69, 9.17) is 13.3 Å². The van der Waals surface area contributed by atoms with Crippen LogP contribution in [-0.2, 0) is 0 Å². The van der Waals surface area contributed by atoms with Gasteiger partial charge in [0.05, 0.1) is 11.1 Å². The van der Waals surface area contributed by atoms with Crippen LogP contribution in [0.2, 0.25) is 0 Å². The number of hydrogen-bond acceptors (Lipinski definition) is 4. The first-order valence-electron chi connectivity index (χ1n) is 23.1. The van der Waals surface area contributed by atoms with Gasteiger partial charge in [-0.2, -0.15) is 0 Å². The highest BCUT2D eigenvalue weighted by molar-refractivity contribution is 6.22. The van der Waals surface area contributed by atoms with Gasteiger partial charge in [-0.25, -0.2) is 0 Å². The van der Waals surface area contributed by atoms with Crippen molar-refractivity contribution < 1.29 is 13.3 Å². The number of benzene rings is 11. The molecule has 14 rings (SSSR count). The molecule has 0 aliphatic heterocycles. The minimum atomic E-state index is 0.842. The molecule has 14 aromatic rings. The van der Waals surface area contributed by atoms with Crippen LogP contribution >= 0.6 is 0 Å². The second kappa shape index (κ2) is 15.2. The highest BCUT2D eigenvalue weighted by atomic mass is 16.3. The first-order chi connectivity index (χ1) is 33.7. The third-order valence-corrected chi connectivity index (χ3v) is 13.7. The van der Waals surface area contributed by atoms with E-state index in [1.807, 2.05) is 24.3 Å². The maximum atomic E-state index is 6.65. The maximum absolute atomic E-state index is 6.65. The topological polar surface area (TPSA) is 42.7 Å². The monoisotopic (exact) mass is 869 g/mol. The summed E-state index contributed by atoms with van der Waals surface area (Å²) in [7, 11) is 0. The van der Waals surface area contributed by atoms with Crippen molar-refractivity contribution in [1.82, 2.24) is 0 Å². The first-order valence-corrected chi connectivity index (χ1v) is 23.1. The van der Waals surface area contributed by atoms with Crippen LogP contribution < -0.4 is 4.90 Å². The van der Waals surface area contributed by atoms with Crippen molar-refractivity contribution in [3.05, 3.63) is 237 Å². The van der Waals surface area contributed by atoms with E-state index in [0.717, 1.165) is 122 Å². The van der Waals surface area contributed by atoms with Crippen molar-refractivity contribution >= 4 is 93.7 Å². The van der Waals surface area contributed by atoms with Gasteiger partial charge in [0, 0.05) is 49.4 Å². The molecule has 3 aromatic heterocycles. The Hall–Kier alpha value is -9.12. The normalized spacial score (nSPS) is 11.8. The Bertz CT molecular complexity index is 4250. The van der Waals surface area contributed by atoms with Gasteiger partial charge in [-0.05, 0) is 123 Å². The molecule has 11 aromatic carbocycles. The summed E-state index contributed by atoms with van der Waals surface area (Å²) in [6.45, 7) is 0. The molecular weight excluding hydrogens is 831 g/mol. The maximum Gasteiger partial charge on any atom is 0.137 e. The summed E-state index contributed by atoms with van der Waals surface area (Å²) < 4.78 is 19.7. The molecule has 0 spiro atoms. The minimum absolute atomic E-state index is 0.842. The summed E-state index contributed by atoms with van der Waals surface area (Å²) in [6.07, 6.45) is 0. The predicted molar refractivity (Wildman–Crippen MR) is 282 cm³/mol. The van der Waals surface area contributed by atoms with E-state index in [9.17, 15) is 0 Å². The lowest BCUT2D eigenvalue weighted by Gasteiger charge is -2.27. The molecule has 318 valence electrons. The van der Waals surface area contributed by atoms with E-state index >= 15 is 0 Å². The molecule has 4 heteroatoms. The molecule has 0 bridgehead atoms. The van der Waals surface area contributed by atoms with Crippen molar-refractivity contribution in [3.63, 3.8) is 0 Å². The van der Waals surface area contributed by atoms with Crippen LogP contribution in [0.1, 0.15) is 0 Å². The van der Waals surface area contributed by atoms with Crippen LogP contribution in [0.4, 0.5) is 17.1 Å². The molecule has 3 heterocycles. The number of anilines is 3. The summed E-state index contributed by atoms with van der Waals surface area (Å²) in [4.78, 5) is 2.36. The highest BCUT2D eigenvalue weighted by Crippen LogP contribution is 2.51. The first kappa shape index (κ1) is 38.2. The van der Waals surface area contributed by atoms with Gasteiger partial charge in [0.25, 0.3) is 0 Å². The Labute approximate surface area is 391 Å². The smallest absolute Gasteiger partial charge is 0.137 e. The molecule has 0 amide bonds. The minimum Gasteiger partial charge on any atom is -0.456 e. The zero-order valence-corrected chi connectivity index (χ0v) is 36.7.